The molecule has 2 unspecified atom stereocenters. The Labute approximate surface area is 621 Å². The maximum Gasteiger partial charge on any atom is 0.472 e. The molecule has 0 aromatic carbocycles. The van der Waals surface area contributed by atoms with E-state index in [0.29, 0.717) is 23.9 Å². The predicted molar refractivity (Wildman–Crippen MR) is 436 cm³/mol. The normalized spacial score (nSPS) is 13.5. The van der Waals surface area contributed by atoms with E-state index in [4.69, 9.17) is 18.5 Å². The number of phosphoric ester groups is 1. The predicted octanol–water partition coefficient (Wildman–Crippen LogP) is 29.0. The van der Waals surface area contributed by atoms with Gasteiger partial charge < -0.3 is 18.9 Å². The van der Waals surface area contributed by atoms with Crippen molar-refractivity contribution in [3.8, 4) is 0 Å². The monoisotopic (exact) mass is 1420 g/mol. The minimum absolute atomic E-state index is 0.0318. The van der Waals surface area contributed by atoms with Crippen molar-refractivity contribution in [2.75, 3.05) is 47.5 Å². The molecule has 0 saturated carbocycles. The van der Waals surface area contributed by atoms with Crippen molar-refractivity contribution < 1.29 is 42.1 Å². The van der Waals surface area contributed by atoms with Gasteiger partial charge in [0.2, 0.25) is 0 Å². The molecule has 0 aromatic rings. The number of carbonyl (C=O) groups is 2. The maximum absolute atomic E-state index is 12.9. The van der Waals surface area contributed by atoms with Crippen molar-refractivity contribution in [2.45, 2.75) is 418 Å². The van der Waals surface area contributed by atoms with Crippen LogP contribution < -0.4 is 0 Å². The first-order valence-corrected chi connectivity index (χ1v) is 44.5. The fourth-order valence-corrected chi connectivity index (χ4v) is 13.4. The molecule has 0 spiro atoms. The summed E-state index contributed by atoms with van der Waals surface area (Å²) in [6, 6.07) is 0. The number of nitrogens with zero attached hydrogens (tertiary/aromatic N) is 1. The second-order valence-corrected chi connectivity index (χ2v) is 31.7. The summed E-state index contributed by atoms with van der Waals surface area (Å²) >= 11 is 0. The summed E-state index contributed by atoms with van der Waals surface area (Å²) in [6.07, 6.45) is 113. The molecule has 0 bridgehead atoms. The molecule has 582 valence electrons. The number of ether oxygens (including phenoxy) is 2. The first kappa shape index (κ1) is 96.9. The highest BCUT2D eigenvalue weighted by Gasteiger charge is 2.27. The highest BCUT2D eigenvalue weighted by molar-refractivity contribution is 7.47. The molecule has 9 nitrogen and oxygen atoms in total. The van der Waals surface area contributed by atoms with E-state index in [-0.39, 0.29) is 25.6 Å². The summed E-state index contributed by atoms with van der Waals surface area (Å²) in [6.45, 7) is 4.39. The molecule has 0 heterocycles. The smallest absolute Gasteiger partial charge is 0.462 e. The number of likely N-dealkylation sites (N-methyl/N-ethyl adjacent to an activating group) is 1. The number of phosphoric acid groups is 1. The van der Waals surface area contributed by atoms with Gasteiger partial charge in [-0.05, 0) is 77.0 Å². The lowest BCUT2D eigenvalue weighted by molar-refractivity contribution is -0.870. The molecule has 1 N–H and O–H groups in total. The molecule has 0 rings (SSSR count). The Bertz CT molecular complexity index is 2010. The van der Waals surface area contributed by atoms with Gasteiger partial charge in [0.05, 0.1) is 27.7 Å². The van der Waals surface area contributed by atoms with Crippen LogP contribution >= 0.6 is 7.82 Å². The molecule has 0 aromatic heterocycles. The van der Waals surface area contributed by atoms with Crippen LogP contribution in [-0.4, -0.2) is 74.9 Å². The van der Waals surface area contributed by atoms with E-state index < -0.39 is 26.5 Å². The van der Waals surface area contributed by atoms with Crippen LogP contribution in [-0.2, 0) is 32.7 Å². The first-order valence-electron chi connectivity index (χ1n) is 43.0. The maximum atomic E-state index is 12.9. The summed E-state index contributed by atoms with van der Waals surface area (Å²) in [5.41, 5.74) is 0. The van der Waals surface area contributed by atoms with Gasteiger partial charge in [0.15, 0.2) is 6.10 Å². The molecule has 0 fully saturated rings. The molecule has 2 atom stereocenters. The second kappa shape index (κ2) is 80.0. The lowest BCUT2D eigenvalue weighted by atomic mass is 10.0. The van der Waals surface area contributed by atoms with Crippen molar-refractivity contribution >= 4 is 19.8 Å². The van der Waals surface area contributed by atoms with Crippen molar-refractivity contribution in [3.05, 3.63) is 97.2 Å². The third kappa shape index (κ3) is 83.9. The second-order valence-electron chi connectivity index (χ2n) is 30.2. The molecule has 0 aliphatic heterocycles. The number of carbonyl (C=O) groups excluding carboxylic acids is 2. The van der Waals surface area contributed by atoms with Gasteiger partial charge in [0.25, 0.3) is 0 Å². The van der Waals surface area contributed by atoms with Gasteiger partial charge >= 0.3 is 19.8 Å². The molecule has 0 aliphatic rings. The summed E-state index contributed by atoms with van der Waals surface area (Å²) in [4.78, 5) is 36.0. The third-order valence-electron chi connectivity index (χ3n) is 19.1. The van der Waals surface area contributed by atoms with Crippen LogP contribution in [0.3, 0.4) is 0 Å². The van der Waals surface area contributed by atoms with Gasteiger partial charge in [-0.25, -0.2) is 4.57 Å². The average Bonchev–Trinajstić information content (AvgIpc) is 1.30. The minimum atomic E-state index is -4.40. The standard InChI is InChI=1S/C90H164NO8P/c1-6-8-10-12-14-16-18-20-22-24-26-28-30-32-34-36-38-40-42-43-44-45-46-47-49-51-53-55-57-59-61-63-65-67-69-71-73-75-77-79-81-83-90(93)99-88(87-98-100(94,95)97-85-84-91(3,4)5)86-96-89(92)82-80-78-76-74-72-70-68-66-64-62-60-58-56-54-52-50-48-41-39-37-35-33-31-29-27-25-23-21-19-17-15-13-11-9-7-2/h8,10,14,16,20,22,26,28,32,34,38,40,43-44,46-47,88H,6-7,9,11-13,15,17-19,21,23-25,27,29-31,33,35-37,39,41-42,45,48-87H2,1-5H3/p+1/b10-8-,16-14-,22-20-,28-26-,34-32-,40-38-,44-43-,47-46-. The molecule has 0 aliphatic carbocycles. The van der Waals surface area contributed by atoms with Crippen LogP contribution in [0.5, 0.6) is 0 Å². The molecular formula is C90H165NO8P+. The van der Waals surface area contributed by atoms with Crippen molar-refractivity contribution in [1.82, 2.24) is 0 Å². The van der Waals surface area contributed by atoms with Crippen molar-refractivity contribution in [3.63, 3.8) is 0 Å². The summed E-state index contributed by atoms with van der Waals surface area (Å²) in [5.74, 6) is -0.778. The number of allylic oxidation sites excluding steroid dienone is 16. The Morgan fingerprint density at radius 3 is 0.850 bits per heavy atom. The van der Waals surface area contributed by atoms with E-state index in [1.807, 2.05) is 21.1 Å². The van der Waals surface area contributed by atoms with E-state index in [9.17, 15) is 19.0 Å². The van der Waals surface area contributed by atoms with E-state index in [1.54, 1.807) is 0 Å². The van der Waals surface area contributed by atoms with E-state index in [2.05, 4.69) is 111 Å². The number of quaternary nitrogens is 1. The highest BCUT2D eigenvalue weighted by atomic mass is 31.2. The van der Waals surface area contributed by atoms with Crippen LogP contribution in [0.15, 0.2) is 97.2 Å². The number of hydrogen-bond donors (Lipinski definition) is 1. The van der Waals surface area contributed by atoms with Gasteiger partial charge in [0, 0.05) is 12.8 Å². The van der Waals surface area contributed by atoms with Gasteiger partial charge in [-0.3, -0.25) is 18.6 Å². The number of unbranched alkanes of at least 4 members (excludes halogenated alkanes) is 50. The number of hydrogen-bond acceptors (Lipinski definition) is 7. The SMILES string of the molecule is CC/C=C\C/C=C\C/C=C\C/C=C\C/C=C\C/C=C\C/C=C\C/C=C\CCCCCCCCCCCCCCCCCCC(=O)OC(COC(=O)CCCCCCCCCCCCCCCCCCCCCCCCCCCCCCCCCCCCC)COP(=O)(O)OCC[N+](C)(C)C. The molecule has 0 saturated heterocycles. The van der Waals surface area contributed by atoms with Gasteiger partial charge in [-0.15, -0.1) is 0 Å². The van der Waals surface area contributed by atoms with Crippen LogP contribution in [0.25, 0.3) is 0 Å². The van der Waals surface area contributed by atoms with Crippen LogP contribution in [0.1, 0.15) is 412 Å². The first-order chi connectivity index (χ1) is 49.0. The zero-order chi connectivity index (χ0) is 72.5. The summed E-state index contributed by atoms with van der Waals surface area (Å²) < 4.78 is 34.9. The van der Waals surface area contributed by atoms with Crippen LogP contribution in [0.2, 0.25) is 0 Å². The van der Waals surface area contributed by atoms with Gasteiger partial charge in [0.1, 0.15) is 19.8 Å². The van der Waals surface area contributed by atoms with Gasteiger partial charge in [-0.1, -0.05) is 419 Å². The highest BCUT2D eigenvalue weighted by Crippen LogP contribution is 2.43. The van der Waals surface area contributed by atoms with E-state index in [1.165, 1.54) is 295 Å². The Hall–Kier alpha value is -3.07. The Kier molecular flexibility index (Phi) is 77.6. The lowest BCUT2D eigenvalue weighted by Gasteiger charge is -2.24. The van der Waals surface area contributed by atoms with Crippen LogP contribution in [0.4, 0.5) is 0 Å². The fraction of sp³-hybridized carbons (Fsp3) is 0.800. The van der Waals surface area contributed by atoms with E-state index in [0.717, 1.165) is 83.5 Å². The van der Waals surface area contributed by atoms with Crippen molar-refractivity contribution in [1.29, 1.82) is 0 Å². The Balaban J connectivity index is 3.92. The molecule has 0 amide bonds. The number of esters is 2. The zero-order valence-electron chi connectivity index (χ0n) is 66.7. The Morgan fingerprint density at radius 2 is 0.570 bits per heavy atom. The fourth-order valence-electron chi connectivity index (χ4n) is 12.6. The summed E-state index contributed by atoms with van der Waals surface area (Å²) in [7, 11) is 1.49. The average molecular weight is 1420 g/mol. The molecule has 0 radical (unpaired) electrons. The molecule has 100 heavy (non-hydrogen) atoms. The topological polar surface area (TPSA) is 108 Å². The quantitative estimate of drug-likeness (QED) is 0.0211. The van der Waals surface area contributed by atoms with E-state index >= 15 is 0 Å². The lowest BCUT2D eigenvalue weighted by Crippen LogP contribution is -2.37. The van der Waals surface area contributed by atoms with Crippen molar-refractivity contribution in [2.24, 2.45) is 0 Å². The molecule has 10 heteroatoms. The van der Waals surface area contributed by atoms with Gasteiger partial charge in [-0.2, -0.15) is 0 Å². The molecular weight excluding hydrogens is 1250 g/mol. The van der Waals surface area contributed by atoms with Crippen LogP contribution in [0, 0.1) is 0 Å². The summed E-state index contributed by atoms with van der Waals surface area (Å²) in [5, 5.41) is 0. The third-order valence-corrected chi connectivity index (χ3v) is 20.1. The largest absolute Gasteiger partial charge is 0.472 e. The minimum Gasteiger partial charge on any atom is -0.462 e. The number of rotatable bonds is 80. The Morgan fingerprint density at radius 1 is 0.320 bits per heavy atom. The zero-order valence-corrected chi connectivity index (χ0v) is 67.6.